The molecule has 1 unspecified atom stereocenters. The Kier molecular flexibility index (Phi) is 4.62. The number of carbonyl (C=O) groups is 1. The zero-order valence-corrected chi connectivity index (χ0v) is 13.2. The molecule has 1 heterocycles. The Morgan fingerprint density at radius 2 is 2.10 bits per heavy atom. The lowest BCUT2D eigenvalue weighted by molar-refractivity contribution is 0.0687. The fourth-order valence-electron chi connectivity index (χ4n) is 1.74. The van der Waals surface area contributed by atoms with Gasteiger partial charge in [-0.05, 0) is 18.6 Å². The number of rotatable bonds is 5. The van der Waals surface area contributed by atoms with E-state index in [0.717, 1.165) is 11.3 Å². The average molecular weight is 347 g/mol. The topological polar surface area (TPSA) is 96.4 Å². The predicted octanol–water partition coefficient (Wildman–Crippen LogP) is 2.53. The molecular formula is C12H11ClN2O4S2. The van der Waals surface area contributed by atoms with Crippen molar-refractivity contribution in [2.24, 2.45) is 0 Å². The first-order chi connectivity index (χ1) is 9.83. The number of carboxylic acid groups (broad SMARTS) is 1. The molecule has 0 saturated carbocycles. The van der Waals surface area contributed by atoms with Crippen molar-refractivity contribution in [3.05, 3.63) is 46.1 Å². The number of hydrogen-bond donors (Lipinski definition) is 2. The minimum Gasteiger partial charge on any atom is -0.476 e. The number of benzene rings is 1. The highest BCUT2D eigenvalue weighted by Crippen LogP contribution is 2.26. The molecule has 21 heavy (non-hydrogen) atoms. The Morgan fingerprint density at radius 3 is 2.71 bits per heavy atom. The van der Waals surface area contributed by atoms with Crippen LogP contribution in [0, 0.1) is 0 Å². The van der Waals surface area contributed by atoms with Gasteiger partial charge in [0.25, 0.3) is 10.0 Å². The number of hydrogen-bond acceptors (Lipinski definition) is 5. The minimum absolute atomic E-state index is 0.325. The summed E-state index contributed by atoms with van der Waals surface area (Å²) in [5.74, 6) is -1.39. The summed E-state index contributed by atoms with van der Waals surface area (Å²) in [4.78, 5) is 14.5. The van der Waals surface area contributed by atoms with Crippen molar-refractivity contribution in [3.63, 3.8) is 0 Å². The Hall–Kier alpha value is -1.48. The van der Waals surface area contributed by atoms with E-state index in [2.05, 4.69) is 9.71 Å². The Bertz CT molecular complexity index is 773. The first kappa shape index (κ1) is 15.9. The van der Waals surface area contributed by atoms with Crippen molar-refractivity contribution in [3.8, 4) is 0 Å². The zero-order chi connectivity index (χ0) is 15.6. The van der Waals surface area contributed by atoms with Gasteiger partial charge in [0.15, 0.2) is 9.90 Å². The van der Waals surface area contributed by atoms with Gasteiger partial charge < -0.3 is 5.11 Å². The molecule has 0 amide bonds. The number of aromatic carboxylic acids is 1. The van der Waals surface area contributed by atoms with Gasteiger partial charge in [0.1, 0.15) is 0 Å². The van der Waals surface area contributed by atoms with Crippen LogP contribution in [0.1, 0.15) is 29.0 Å². The summed E-state index contributed by atoms with van der Waals surface area (Å²) < 4.78 is 26.6. The second kappa shape index (κ2) is 6.10. The molecule has 0 saturated heterocycles. The SMILES string of the molecule is CC(NS(=O)(=O)c1scnc1C(=O)O)c1ccccc1Cl. The number of halogens is 1. The quantitative estimate of drug-likeness (QED) is 0.867. The molecule has 0 fully saturated rings. The molecular weight excluding hydrogens is 336 g/mol. The maximum atomic E-state index is 12.3. The van der Waals surface area contributed by atoms with Crippen LogP contribution in [-0.2, 0) is 10.0 Å². The Balaban J connectivity index is 2.32. The summed E-state index contributed by atoms with van der Waals surface area (Å²) in [6, 6.07) is 6.21. The molecule has 0 aliphatic rings. The molecule has 1 atom stereocenters. The summed E-state index contributed by atoms with van der Waals surface area (Å²) in [5.41, 5.74) is 1.29. The molecule has 112 valence electrons. The molecule has 1 aromatic heterocycles. The fraction of sp³-hybridized carbons (Fsp3) is 0.167. The smallest absolute Gasteiger partial charge is 0.356 e. The van der Waals surface area contributed by atoms with Gasteiger partial charge in [-0.3, -0.25) is 0 Å². The van der Waals surface area contributed by atoms with Crippen LogP contribution in [-0.4, -0.2) is 24.5 Å². The van der Waals surface area contributed by atoms with E-state index in [1.165, 1.54) is 5.51 Å². The van der Waals surface area contributed by atoms with E-state index < -0.39 is 27.7 Å². The van der Waals surface area contributed by atoms with Crippen molar-refractivity contribution in [1.82, 2.24) is 9.71 Å². The molecule has 2 N–H and O–H groups in total. The highest BCUT2D eigenvalue weighted by Gasteiger charge is 2.27. The van der Waals surface area contributed by atoms with Gasteiger partial charge in [-0.25, -0.2) is 22.9 Å². The number of thiazole rings is 1. The first-order valence-corrected chi connectivity index (χ1v) is 8.50. The number of sulfonamides is 1. The van der Waals surface area contributed by atoms with E-state index in [4.69, 9.17) is 16.7 Å². The fourth-order valence-corrected chi connectivity index (χ4v) is 4.42. The normalized spacial score (nSPS) is 13.0. The number of aromatic nitrogens is 1. The van der Waals surface area contributed by atoms with Crippen molar-refractivity contribution in [2.45, 2.75) is 17.2 Å². The lowest BCUT2D eigenvalue weighted by atomic mass is 10.1. The van der Waals surface area contributed by atoms with Gasteiger partial charge in [0.05, 0.1) is 5.51 Å². The van der Waals surface area contributed by atoms with E-state index in [1.54, 1.807) is 31.2 Å². The molecule has 6 nitrogen and oxygen atoms in total. The second-order valence-corrected chi connectivity index (χ2v) is 7.33. The third-order valence-corrected chi connectivity index (χ3v) is 5.94. The van der Waals surface area contributed by atoms with E-state index in [1.807, 2.05) is 0 Å². The highest BCUT2D eigenvalue weighted by molar-refractivity contribution is 7.91. The van der Waals surface area contributed by atoms with Gasteiger partial charge in [0.2, 0.25) is 0 Å². The highest BCUT2D eigenvalue weighted by atomic mass is 35.5. The standard InChI is InChI=1S/C12H11ClN2O4S2/c1-7(8-4-2-3-5-9(8)13)15-21(18,19)12-10(11(16)17)14-6-20-12/h2-7,15H,1H3,(H,16,17). The maximum absolute atomic E-state index is 12.3. The lowest BCUT2D eigenvalue weighted by Crippen LogP contribution is -2.27. The summed E-state index contributed by atoms with van der Waals surface area (Å²) in [7, 11) is -3.99. The summed E-state index contributed by atoms with van der Waals surface area (Å²) in [6.45, 7) is 1.63. The number of nitrogens with one attached hydrogen (secondary N) is 1. The third-order valence-electron chi connectivity index (χ3n) is 2.69. The second-order valence-electron chi connectivity index (χ2n) is 4.16. The van der Waals surface area contributed by atoms with E-state index in [9.17, 15) is 13.2 Å². The minimum atomic E-state index is -3.99. The number of nitrogens with zero attached hydrogens (tertiary/aromatic N) is 1. The van der Waals surface area contributed by atoms with Crippen LogP contribution in [0.25, 0.3) is 0 Å². The van der Waals surface area contributed by atoms with E-state index in [-0.39, 0.29) is 4.21 Å². The summed E-state index contributed by atoms with van der Waals surface area (Å²) >= 11 is 6.77. The van der Waals surface area contributed by atoms with Crippen LogP contribution in [0.4, 0.5) is 0 Å². The van der Waals surface area contributed by atoms with Crippen LogP contribution < -0.4 is 4.72 Å². The third kappa shape index (κ3) is 3.41. The zero-order valence-electron chi connectivity index (χ0n) is 10.8. The maximum Gasteiger partial charge on any atom is 0.356 e. The van der Waals surface area contributed by atoms with Crippen LogP contribution in [0.5, 0.6) is 0 Å². The molecule has 0 aliphatic carbocycles. The van der Waals surface area contributed by atoms with Crippen molar-refractivity contribution >= 4 is 38.9 Å². The van der Waals surface area contributed by atoms with Gasteiger partial charge in [-0.2, -0.15) is 0 Å². The molecule has 0 bridgehead atoms. The Morgan fingerprint density at radius 1 is 1.43 bits per heavy atom. The summed E-state index contributed by atoms with van der Waals surface area (Å²) in [5, 5.41) is 9.37. The van der Waals surface area contributed by atoms with Crippen molar-refractivity contribution < 1.29 is 18.3 Å². The molecule has 0 radical (unpaired) electrons. The van der Waals surface area contributed by atoms with E-state index >= 15 is 0 Å². The van der Waals surface area contributed by atoms with Gasteiger partial charge in [0, 0.05) is 11.1 Å². The van der Waals surface area contributed by atoms with E-state index in [0.29, 0.717) is 10.6 Å². The van der Waals surface area contributed by atoms with Crippen LogP contribution in [0.3, 0.4) is 0 Å². The van der Waals surface area contributed by atoms with Gasteiger partial charge in [-0.15, -0.1) is 11.3 Å². The monoisotopic (exact) mass is 346 g/mol. The molecule has 2 aromatic rings. The number of carboxylic acids is 1. The van der Waals surface area contributed by atoms with Crippen molar-refractivity contribution in [2.75, 3.05) is 0 Å². The Labute approximate surface area is 130 Å². The van der Waals surface area contributed by atoms with Crippen LogP contribution in [0.15, 0.2) is 34.0 Å². The molecule has 1 aromatic carbocycles. The predicted molar refractivity (Wildman–Crippen MR) is 79.3 cm³/mol. The summed E-state index contributed by atoms with van der Waals surface area (Å²) in [6.07, 6.45) is 0. The molecule has 2 rings (SSSR count). The van der Waals surface area contributed by atoms with Gasteiger partial charge in [-0.1, -0.05) is 29.8 Å². The van der Waals surface area contributed by atoms with Gasteiger partial charge >= 0.3 is 5.97 Å². The van der Waals surface area contributed by atoms with Crippen molar-refractivity contribution in [1.29, 1.82) is 0 Å². The van der Waals surface area contributed by atoms with Crippen LogP contribution in [0.2, 0.25) is 5.02 Å². The lowest BCUT2D eigenvalue weighted by Gasteiger charge is -2.15. The first-order valence-electron chi connectivity index (χ1n) is 5.76. The van der Waals surface area contributed by atoms with Crippen LogP contribution >= 0.6 is 22.9 Å². The molecule has 0 spiro atoms. The molecule has 9 heteroatoms. The average Bonchev–Trinajstić information content (AvgIpc) is 2.88. The largest absolute Gasteiger partial charge is 0.476 e. The molecule has 0 aliphatic heterocycles.